The molecule has 10 rings (SSSR count). The first kappa shape index (κ1) is 42.6. The summed E-state index contributed by atoms with van der Waals surface area (Å²) in [6, 6.07) is 13.8. The molecular weight excluding hydrogens is 835 g/mol. The Kier molecular flexibility index (Phi) is 10.3. The Balaban J connectivity index is 0.896. The molecule has 4 amide bonds. The lowest BCUT2D eigenvalue weighted by Gasteiger charge is -2.37. The molecule has 0 radical (unpaired) electrons. The number of piperidine rings is 1. The van der Waals surface area contributed by atoms with Crippen molar-refractivity contribution in [2.24, 2.45) is 23.2 Å². The van der Waals surface area contributed by atoms with E-state index >= 15 is 8.78 Å². The smallest absolute Gasteiger partial charge is 0.407 e. The number of benzene rings is 3. The number of carbonyl (C=O) groups excluding carboxylic acids is 4. The Morgan fingerprint density at radius 1 is 0.785 bits per heavy atom. The number of fused-ring (bicyclic) bond motifs is 6. The van der Waals surface area contributed by atoms with Gasteiger partial charge in [0.2, 0.25) is 11.8 Å². The zero-order valence-electron chi connectivity index (χ0n) is 37.3. The first-order valence-corrected chi connectivity index (χ1v) is 22.6. The standard InChI is InChI=1S/C49H54F2N8O6/c1-24(2)39(56-46(62)64-5)44(60)58-23-48(15-16-48)21-38(58)42-52-22-37(55-42)28-9-13-32-31-12-8-26(18-33(31)49(50,51)34(32)19-28)27-10-14-35-36(20-27)54-43(53-35)41-29-7-11-30(17-29)59(41)45(61)40(25(3)4)57-47(63)65-6/h8-10,12-14,18-20,22,24-25,29-30,38-41H,7,11,15-17,21,23H2,1-6H3,(H,52,55)(H,53,54)(H,56,62)(H,57,63)/t29-,30+,38-,39-,40?,41?/m0/s1. The van der Waals surface area contributed by atoms with Gasteiger partial charge in [0.05, 0.1) is 49.2 Å². The number of amides is 4. The highest BCUT2D eigenvalue weighted by Crippen LogP contribution is 2.59. The van der Waals surface area contributed by atoms with Gasteiger partial charge in [-0.2, -0.15) is 8.78 Å². The van der Waals surface area contributed by atoms with Crippen LogP contribution in [0.5, 0.6) is 0 Å². The number of ether oxygens (including phenoxy) is 2. The average Bonchev–Trinajstić information content (AvgIpc) is 3.95. The van der Waals surface area contributed by atoms with Gasteiger partial charge in [0.25, 0.3) is 5.92 Å². The maximum Gasteiger partial charge on any atom is 0.407 e. The summed E-state index contributed by atoms with van der Waals surface area (Å²) in [5.41, 5.74) is 4.68. The van der Waals surface area contributed by atoms with Crippen LogP contribution in [0.1, 0.15) is 101 Å². The van der Waals surface area contributed by atoms with Crippen LogP contribution < -0.4 is 10.6 Å². The summed E-state index contributed by atoms with van der Waals surface area (Å²) in [6.07, 6.45) is 5.75. The zero-order chi connectivity index (χ0) is 45.7. The van der Waals surface area contributed by atoms with Crippen molar-refractivity contribution in [3.05, 3.63) is 83.6 Å². The molecule has 340 valence electrons. The number of halogens is 2. The van der Waals surface area contributed by atoms with E-state index in [-0.39, 0.29) is 64.2 Å². The van der Waals surface area contributed by atoms with Gasteiger partial charge in [0, 0.05) is 29.3 Å². The molecule has 4 fully saturated rings. The monoisotopic (exact) mass is 888 g/mol. The maximum absolute atomic E-state index is 16.7. The van der Waals surface area contributed by atoms with Crippen LogP contribution in [0.15, 0.2) is 60.8 Å². The van der Waals surface area contributed by atoms with Gasteiger partial charge in [-0.15, -0.1) is 0 Å². The van der Waals surface area contributed by atoms with Crippen molar-refractivity contribution in [1.82, 2.24) is 40.4 Å². The van der Waals surface area contributed by atoms with Crippen LogP contribution in [-0.4, -0.2) is 92.6 Å². The fourth-order valence-corrected chi connectivity index (χ4v) is 11.0. The van der Waals surface area contributed by atoms with Crippen LogP contribution in [0.3, 0.4) is 0 Å². The minimum Gasteiger partial charge on any atom is -0.453 e. The van der Waals surface area contributed by atoms with E-state index in [1.807, 2.05) is 62.9 Å². The Labute approximate surface area is 375 Å². The number of hydrogen-bond acceptors (Lipinski definition) is 8. The zero-order valence-corrected chi connectivity index (χ0v) is 37.3. The summed E-state index contributed by atoms with van der Waals surface area (Å²) in [5.74, 6) is -2.53. The van der Waals surface area contributed by atoms with E-state index in [0.717, 1.165) is 49.6 Å². The third-order valence-electron chi connectivity index (χ3n) is 14.7. The molecule has 5 aliphatic rings. The number of aromatic amines is 2. The predicted octanol–water partition coefficient (Wildman–Crippen LogP) is 8.61. The Morgan fingerprint density at radius 3 is 2.05 bits per heavy atom. The van der Waals surface area contributed by atoms with Crippen molar-refractivity contribution in [3.63, 3.8) is 0 Å². The fourth-order valence-electron chi connectivity index (χ4n) is 11.0. The largest absolute Gasteiger partial charge is 0.453 e. The van der Waals surface area contributed by atoms with Gasteiger partial charge < -0.3 is 39.9 Å². The number of rotatable bonds is 10. The Morgan fingerprint density at radius 2 is 1.40 bits per heavy atom. The SMILES string of the molecule is COC(=O)NC(C(=O)N1C(c2nc3ccc(-c4ccc5c(c4)C(F)(F)c4cc(-c6cnc([C@@H]7CC8(CC8)CN7C(=O)[C@@H](NC(=O)OC)C(C)C)[nH]6)ccc4-5)cc3[nH]2)[C@H]2CC[C@@H]1C2)C(C)C. The minimum absolute atomic E-state index is 0.0102. The highest BCUT2D eigenvalue weighted by atomic mass is 19.3. The van der Waals surface area contributed by atoms with E-state index in [4.69, 9.17) is 19.4 Å². The van der Waals surface area contributed by atoms with Gasteiger partial charge in [-0.1, -0.05) is 58.0 Å². The number of alkyl carbamates (subject to hydrolysis) is 2. The van der Waals surface area contributed by atoms with Crippen molar-refractivity contribution in [2.45, 2.75) is 102 Å². The number of imidazole rings is 2. The van der Waals surface area contributed by atoms with Crippen molar-refractivity contribution in [1.29, 1.82) is 0 Å². The third kappa shape index (κ3) is 7.19. The van der Waals surface area contributed by atoms with Crippen molar-refractivity contribution >= 4 is 35.0 Å². The van der Waals surface area contributed by atoms with E-state index in [0.29, 0.717) is 51.7 Å². The molecule has 2 aromatic heterocycles. The van der Waals surface area contributed by atoms with E-state index in [2.05, 4.69) is 20.6 Å². The maximum atomic E-state index is 16.7. The number of hydrogen-bond donors (Lipinski definition) is 4. The van der Waals surface area contributed by atoms with E-state index in [9.17, 15) is 19.2 Å². The molecule has 1 spiro atoms. The lowest BCUT2D eigenvalue weighted by Crippen LogP contribution is -2.54. The van der Waals surface area contributed by atoms with E-state index in [1.54, 1.807) is 29.3 Å². The van der Waals surface area contributed by atoms with Crippen LogP contribution in [0, 0.1) is 23.2 Å². The molecule has 5 aromatic rings. The number of nitrogens with one attached hydrogen (secondary N) is 4. The van der Waals surface area contributed by atoms with Gasteiger partial charge in [-0.3, -0.25) is 9.59 Å². The lowest BCUT2D eigenvalue weighted by molar-refractivity contribution is -0.139. The molecule has 2 saturated heterocycles. The van der Waals surface area contributed by atoms with Crippen LogP contribution >= 0.6 is 0 Å². The molecule has 3 aromatic carbocycles. The second kappa shape index (κ2) is 15.7. The Bertz CT molecular complexity index is 2740. The summed E-state index contributed by atoms with van der Waals surface area (Å²) in [7, 11) is 2.54. The second-order valence-electron chi connectivity index (χ2n) is 19.4. The number of alkyl halides is 2. The molecule has 3 aliphatic carbocycles. The number of H-pyrrole nitrogens is 2. The van der Waals surface area contributed by atoms with Crippen LogP contribution in [0.4, 0.5) is 18.4 Å². The van der Waals surface area contributed by atoms with Gasteiger partial charge >= 0.3 is 12.2 Å². The first-order valence-electron chi connectivity index (χ1n) is 22.6. The summed E-state index contributed by atoms with van der Waals surface area (Å²) < 4.78 is 43.0. The van der Waals surface area contributed by atoms with E-state index < -0.39 is 30.2 Å². The van der Waals surface area contributed by atoms with Gasteiger partial charge in [0.15, 0.2) is 0 Å². The number of likely N-dealkylation sites (tertiary alicyclic amines) is 2. The van der Waals surface area contributed by atoms with E-state index in [1.165, 1.54) is 20.3 Å². The summed E-state index contributed by atoms with van der Waals surface area (Å²) in [4.78, 5) is 72.6. The summed E-state index contributed by atoms with van der Waals surface area (Å²) in [5, 5.41) is 5.43. The van der Waals surface area contributed by atoms with Gasteiger partial charge in [0.1, 0.15) is 23.7 Å². The van der Waals surface area contributed by atoms with Gasteiger partial charge in [-0.05, 0) is 108 Å². The van der Waals surface area contributed by atoms with Crippen molar-refractivity contribution in [2.75, 3.05) is 20.8 Å². The van der Waals surface area contributed by atoms with Crippen molar-refractivity contribution < 1.29 is 37.4 Å². The average molecular weight is 889 g/mol. The molecule has 4 heterocycles. The molecule has 4 N–H and O–H groups in total. The highest BCUT2D eigenvalue weighted by Gasteiger charge is 2.56. The normalized spacial score (nSPS) is 22.9. The first-order chi connectivity index (χ1) is 31.1. The molecule has 16 heteroatoms. The van der Waals surface area contributed by atoms with Crippen LogP contribution in [-0.2, 0) is 25.0 Å². The van der Waals surface area contributed by atoms with Crippen LogP contribution in [0.25, 0.3) is 44.5 Å². The summed E-state index contributed by atoms with van der Waals surface area (Å²) >= 11 is 0. The molecule has 2 aliphatic heterocycles. The third-order valence-corrected chi connectivity index (χ3v) is 14.7. The predicted molar refractivity (Wildman–Crippen MR) is 237 cm³/mol. The van der Waals surface area contributed by atoms with Crippen molar-refractivity contribution in [3.8, 4) is 33.5 Å². The quantitative estimate of drug-likeness (QED) is 0.108. The molecule has 2 bridgehead atoms. The number of carbonyl (C=O) groups is 4. The van der Waals surface area contributed by atoms with Gasteiger partial charge in [-0.25, -0.2) is 19.6 Å². The number of nitrogens with zero attached hydrogens (tertiary/aromatic N) is 4. The highest BCUT2D eigenvalue weighted by molar-refractivity contribution is 5.89. The fraction of sp³-hybridized carbons (Fsp3) is 0.469. The molecule has 2 unspecified atom stereocenters. The second-order valence-corrected chi connectivity index (χ2v) is 19.4. The number of aromatic nitrogens is 4. The minimum atomic E-state index is -3.29. The lowest BCUT2D eigenvalue weighted by atomic mass is 9.95. The Hall–Kier alpha value is -6.32. The summed E-state index contributed by atoms with van der Waals surface area (Å²) in [6.45, 7) is 8.09. The van der Waals surface area contributed by atoms with Crippen LogP contribution in [0.2, 0.25) is 0 Å². The molecule has 2 saturated carbocycles. The molecule has 14 nitrogen and oxygen atoms in total. The topological polar surface area (TPSA) is 175 Å². The molecule has 6 atom stereocenters. The number of methoxy groups -OCH3 is 2. The molecular formula is C49H54F2N8O6. The molecule has 65 heavy (non-hydrogen) atoms.